The predicted molar refractivity (Wildman–Crippen MR) is 94.5 cm³/mol. The Morgan fingerprint density at radius 2 is 2.00 bits per heavy atom. The summed E-state index contributed by atoms with van der Waals surface area (Å²) in [5.74, 6) is 1.30. The van der Waals surface area contributed by atoms with E-state index in [-0.39, 0.29) is 0 Å². The minimum absolute atomic E-state index is 0.523. The molecule has 3 rings (SSSR count). The highest BCUT2D eigenvalue weighted by Gasteiger charge is 2.21. The third-order valence-corrected chi connectivity index (χ3v) is 4.07. The van der Waals surface area contributed by atoms with Crippen molar-refractivity contribution in [2.75, 3.05) is 28.6 Å². The van der Waals surface area contributed by atoms with Crippen molar-refractivity contribution >= 4 is 23.1 Å². The Hall–Kier alpha value is -2.37. The summed E-state index contributed by atoms with van der Waals surface area (Å²) in [6, 6.07) is 6.94. The fourth-order valence-electron chi connectivity index (χ4n) is 2.56. The summed E-state index contributed by atoms with van der Waals surface area (Å²) in [5, 5.41) is 14.7. The lowest BCUT2D eigenvalue weighted by atomic mass is 10.1. The number of nitrogens with zero attached hydrogens (tertiary/aromatic N) is 4. The summed E-state index contributed by atoms with van der Waals surface area (Å²) in [6.45, 7) is 8.44. The van der Waals surface area contributed by atoms with Crippen LogP contribution in [0.4, 0.5) is 23.1 Å². The highest BCUT2D eigenvalue weighted by molar-refractivity contribution is 5.64. The normalized spacial score (nSPS) is 13.7. The summed E-state index contributed by atoms with van der Waals surface area (Å²) in [7, 11) is 0. The third-order valence-electron chi connectivity index (χ3n) is 4.07. The lowest BCUT2D eigenvalue weighted by Crippen LogP contribution is -2.21. The maximum atomic E-state index is 4.47. The van der Waals surface area contributed by atoms with Crippen LogP contribution in [0, 0.1) is 6.92 Å². The average molecular weight is 312 g/mol. The van der Waals surface area contributed by atoms with Gasteiger partial charge in [-0.05, 0) is 57.4 Å². The van der Waals surface area contributed by atoms with Gasteiger partial charge in [0.25, 0.3) is 0 Å². The average Bonchev–Trinajstić information content (AvgIpc) is 3.35. The van der Waals surface area contributed by atoms with Crippen molar-refractivity contribution in [2.24, 2.45) is 0 Å². The summed E-state index contributed by atoms with van der Waals surface area (Å²) in [5.41, 5.74) is 3.41. The van der Waals surface area contributed by atoms with Crippen molar-refractivity contribution in [3.05, 3.63) is 30.0 Å². The van der Waals surface area contributed by atoms with Gasteiger partial charge < -0.3 is 15.5 Å². The second-order valence-corrected chi connectivity index (χ2v) is 5.88. The molecule has 2 N–H and O–H groups in total. The summed E-state index contributed by atoms with van der Waals surface area (Å²) in [4.78, 5) is 6.80. The first-order chi connectivity index (χ1) is 11.2. The van der Waals surface area contributed by atoms with Crippen molar-refractivity contribution < 1.29 is 0 Å². The highest BCUT2D eigenvalue weighted by Crippen LogP contribution is 2.26. The van der Waals surface area contributed by atoms with Gasteiger partial charge in [0.1, 0.15) is 0 Å². The van der Waals surface area contributed by atoms with Crippen LogP contribution in [-0.2, 0) is 0 Å². The number of aromatic nitrogens is 3. The first-order valence-corrected chi connectivity index (χ1v) is 8.28. The molecule has 1 aromatic heterocycles. The first kappa shape index (κ1) is 15.5. The van der Waals surface area contributed by atoms with Gasteiger partial charge in [0, 0.05) is 30.5 Å². The second-order valence-electron chi connectivity index (χ2n) is 5.88. The molecule has 0 radical (unpaired) electrons. The Morgan fingerprint density at radius 3 is 2.65 bits per heavy atom. The van der Waals surface area contributed by atoms with E-state index in [0.717, 1.165) is 24.6 Å². The fourth-order valence-corrected chi connectivity index (χ4v) is 2.56. The van der Waals surface area contributed by atoms with Crippen molar-refractivity contribution in [1.29, 1.82) is 0 Å². The lowest BCUT2D eigenvalue weighted by molar-refractivity contribution is 0.865. The molecule has 0 amide bonds. The van der Waals surface area contributed by atoms with Crippen LogP contribution < -0.4 is 15.5 Å². The molecule has 0 aliphatic heterocycles. The second kappa shape index (κ2) is 6.81. The molecule has 1 aliphatic rings. The van der Waals surface area contributed by atoms with Gasteiger partial charge in [0.05, 0.1) is 6.20 Å². The van der Waals surface area contributed by atoms with Gasteiger partial charge in [-0.25, -0.2) is 0 Å². The van der Waals surface area contributed by atoms with E-state index in [4.69, 9.17) is 0 Å². The number of anilines is 4. The SMILES string of the molecule is CCN(CC)c1ccc(Nc2nncc(NC3CC3)n2)c(C)c1. The Kier molecular flexibility index (Phi) is 4.60. The molecule has 1 aromatic carbocycles. The van der Waals surface area contributed by atoms with E-state index in [1.54, 1.807) is 6.20 Å². The van der Waals surface area contributed by atoms with Gasteiger partial charge in [-0.1, -0.05) is 0 Å². The van der Waals surface area contributed by atoms with Gasteiger partial charge >= 0.3 is 0 Å². The summed E-state index contributed by atoms with van der Waals surface area (Å²) < 4.78 is 0. The lowest BCUT2D eigenvalue weighted by Gasteiger charge is -2.22. The number of hydrogen-bond acceptors (Lipinski definition) is 6. The maximum Gasteiger partial charge on any atom is 0.249 e. The molecule has 6 heteroatoms. The molecule has 23 heavy (non-hydrogen) atoms. The number of benzene rings is 1. The maximum absolute atomic E-state index is 4.47. The minimum Gasteiger partial charge on any atom is -0.372 e. The van der Waals surface area contributed by atoms with Crippen LogP contribution >= 0.6 is 0 Å². The molecule has 1 fully saturated rings. The fraction of sp³-hybridized carbons (Fsp3) is 0.471. The predicted octanol–water partition coefficient (Wildman–Crippen LogP) is 3.34. The monoisotopic (exact) mass is 312 g/mol. The van der Waals surface area contributed by atoms with Gasteiger partial charge in [0.2, 0.25) is 5.95 Å². The minimum atomic E-state index is 0.523. The van der Waals surface area contributed by atoms with Crippen LogP contribution in [0.2, 0.25) is 0 Å². The molecule has 1 heterocycles. The van der Waals surface area contributed by atoms with Crippen molar-refractivity contribution in [3.8, 4) is 0 Å². The highest BCUT2D eigenvalue weighted by atomic mass is 15.3. The molecule has 0 atom stereocenters. The molecule has 0 saturated heterocycles. The van der Waals surface area contributed by atoms with Gasteiger partial charge in [-0.15, -0.1) is 5.10 Å². The standard InChI is InChI=1S/C17H24N6/c1-4-23(5-2)14-8-9-15(12(3)10-14)20-17-21-16(11-18-22-17)19-13-6-7-13/h8-11,13H,4-7H2,1-3H3,(H2,19,20,21,22). The Balaban J connectivity index is 1.74. The molecule has 0 unspecified atom stereocenters. The number of nitrogens with one attached hydrogen (secondary N) is 2. The molecule has 1 aliphatic carbocycles. The van der Waals surface area contributed by atoms with E-state index in [2.05, 4.69) is 69.7 Å². The van der Waals surface area contributed by atoms with E-state index in [1.165, 1.54) is 24.1 Å². The Morgan fingerprint density at radius 1 is 1.22 bits per heavy atom. The molecule has 0 spiro atoms. The largest absolute Gasteiger partial charge is 0.372 e. The van der Waals surface area contributed by atoms with Gasteiger partial charge in [-0.2, -0.15) is 10.1 Å². The third kappa shape index (κ3) is 3.88. The van der Waals surface area contributed by atoms with E-state index in [1.807, 2.05) is 0 Å². The molecular formula is C17H24N6. The molecule has 1 saturated carbocycles. The van der Waals surface area contributed by atoms with E-state index < -0.39 is 0 Å². The van der Waals surface area contributed by atoms with Crippen LogP contribution in [0.25, 0.3) is 0 Å². The van der Waals surface area contributed by atoms with Crippen molar-refractivity contribution in [1.82, 2.24) is 15.2 Å². The number of hydrogen-bond donors (Lipinski definition) is 2. The molecule has 0 bridgehead atoms. The van der Waals surface area contributed by atoms with E-state index in [9.17, 15) is 0 Å². The van der Waals surface area contributed by atoms with Crippen LogP contribution in [0.15, 0.2) is 24.4 Å². The quantitative estimate of drug-likeness (QED) is 0.817. The zero-order valence-corrected chi connectivity index (χ0v) is 14.0. The summed E-state index contributed by atoms with van der Waals surface area (Å²) >= 11 is 0. The molecule has 6 nitrogen and oxygen atoms in total. The van der Waals surface area contributed by atoms with Crippen LogP contribution in [0.5, 0.6) is 0 Å². The van der Waals surface area contributed by atoms with Gasteiger partial charge in [0.15, 0.2) is 5.82 Å². The van der Waals surface area contributed by atoms with E-state index >= 15 is 0 Å². The van der Waals surface area contributed by atoms with Crippen LogP contribution in [0.3, 0.4) is 0 Å². The zero-order chi connectivity index (χ0) is 16.2. The van der Waals surface area contributed by atoms with Crippen molar-refractivity contribution in [3.63, 3.8) is 0 Å². The van der Waals surface area contributed by atoms with Gasteiger partial charge in [-0.3, -0.25) is 0 Å². The zero-order valence-electron chi connectivity index (χ0n) is 14.0. The van der Waals surface area contributed by atoms with E-state index in [0.29, 0.717) is 12.0 Å². The molecular weight excluding hydrogens is 288 g/mol. The van der Waals surface area contributed by atoms with Crippen LogP contribution in [-0.4, -0.2) is 34.3 Å². The molecule has 2 aromatic rings. The van der Waals surface area contributed by atoms with Crippen molar-refractivity contribution in [2.45, 2.75) is 39.7 Å². The first-order valence-electron chi connectivity index (χ1n) is 8.28. The number of rotatable bonds is 7. The Labute approximate surface area is 137 Å². The number of aryl methyl sites for hydroxylation is 1. The Bertz CT molecular complexity index is 664. The molecule has 122 valence electrons. The van der Waals surface area contributed by atoms with Crippen LogP contribution in [0.1, 0.15) is 32.3 Å². The summed E-state index contributed by atoms with van der Waals surface area (Å²) in [6.07, 6.45) is 4.08. The topological polar surface area (TPSA) is 66.0 Å². The smallest absolute Gasteiger partial charge is 0.249 e.